The second kappa shape index (κ2) is 15.2. The van der Waals surface area contributed by atoms with Crippen LogP contribution in [0.5, 0.6) is 0 Å². The van der Waals surface area contributed by atoms with Crippen molar-refractivity contribution < 1.29 is 33.1 Å². The van der Waals surface area contributed by atoms with Crippen LogP contribution >= 0.6 is 0 Å². The number of nitrogens with one attached hydrogen (secondary N) is 3. The largest absolute Gasteiger partial charge is 0.447 e. The summed E-state index contributed by atoms with van der Waals surface area (Å²) in [5, 5.41) is 9.22. The smallest absolute Gasteiger partial charge is 0.367 e. The number of aromatic nitrogens is 2. The van der Waals surface area contributed by atoms with Gasteiger partial charge in [0.1, 0.15) is 11.7 Å². The minimum atomic E-state index is -0.942. The summed E-state index contributed by atoms with van der Waals surface area (Å²) in [5.41, 5.74) is 1.81. The molecular weight excluding hydrogens is 600 g/mol. The minimum absolute atomic E-state index is 0.0952. The quantitative estimate of drug-likeness (QED) is 0.142. The van der Waals surface area contributed by atoms with Crippen LogP contribution in [-0.2, 0) is 30.3 Å². The van der Waals surface area contributed by atoms with Gasteiger partial charge in [-0.2, -0.15) is 0 Å². The molecule has 2 aromatic rings. The predicted octanol–water partition coefficient (Wildman–Crippen LogP) is 2.51. The molecule has 47 heavy (non-hydrogen) atoms. The third kappa shape index (κ3) is 7.70. The van der Waals surface area contributed by atoms with Crippen LogP contribution in [0.3, 0.4) is 0 Å². The molecule has 1 aliphatic carbocycles. The summed E-state index contributed by atoms with van der Waals surface area (Å²) in [6.45, 7) is 7.94. The van der Waals surface area contributed by atoms with Crippen molar-refractivity contribution in [2.45, 2.75) is 71.1 Å². The average Bonchev–Trinajstić information content (AvgIpc) is 3.05. The van der Waals surface area contributed by atoms with Gasteiger partial charge in [0, 0.05) is 24.9 Å². The summed E-state index contributed by atoms with van der Waals surface area (Å²) < 4.78 is 12.1. The first-order valence-electron chi connectivity index (χ1n) is 16.7. The summed E-state index contributed by atoms with van der Waals surface area (Å²) in [4.78, 5) is 61.6. The van der Waals surface area contributed by atoms with Gasteiger partial charge in [-0.05, 0) is 50.3 Å². The van der Waals surface area contributed by atoms with E-state index in [1.807, 2.05) is 44.3 Å². The van der Waals surface area contributed by atoms with E-state index in [-0.39, 0.29) is 53.5 Å². The number of quaternary nitrogens is 1. The molecule has 5 rings (SSSR count). The Morgan fingerprint density at radius 2 is 1.72 bits per heavy atom. The summed E-state index contributed by atoms with van der Waals surface area (Å²) in [5.74, 6) is -1.65. The first kappa shape index (κ1) is 34.2. The van der Waals surface area contributed by atoms with Gasteiger partial charge in [-0.1, -0.05) is 57.5 Å². The highest BCUT2D eigenvalue weighted by Gasteiger charge is 2.65. The van der Waals surface area contributed by atoms with Crippen molar-refractivity contribution in [3.8, 4) is 0 Å². The van der Waals surface area contributed by atoms with Crippen LogP contribution in [0.4, 0.5) is 0 Å². The van der Waals surface area contributed by atoms with Gasteiger partial charge in [-0.15, -0.1) is 0 Å². The molecular formula is C35H47N6O6+. The molecule has 5 unspecified atom stereocenters. The molecule has 6 atom stereocenters. The third-order valence-electron chi connectivity index (χ3n) is 9.78. The Hall–Kier alpha value is -4.16. The zero-order chi connectivity index (χ0) is 33.6. The van der Waals surface area contributed by atoms with Gasteiger partial charge >= 0.3 is 11.9 Å². The topological polar surface area (TPSA) is 149 Å². The van der Waals surface area contributed by atoms with Gasteiger partial charge in [0.25, 0.3) is 5.91 Å². The lowest BCUT2D eigenvalue weighted by Crippen LogP contribution is -2.71. The Labute approximate surface area is 276 Å². The molecule has 2 amide bonds. The summed E-state index contributed by atoms with van der Waals surface area (Å²) in [7, 11) is 1.94. The lowest BCUT2D eigenvalue weighted by atomic mass is 9.70. The molecule has 0 spiro atoms. The Morgan fingerprint density at radius 3 is 2.43 bits per heavy atom. The van der Waals surface area contributed by atoms with Crippen molar-refractivity contribution in [1.82, 2.24) is 25.9 Å². The van der Waals surface area contributed by atoms with E-state index in [9.17, 15) is 19.2 Å². The fourth-order valence-corrected chi connectivity index (χ4v) is 6.96. The van der Waals surface area contributed by atoms with Crippen LogP contribution in [0.2, 0.25) is 0 Å². The lowest BCUT2D eigenvalue weighted by molar-refractivity contribution is -0.892. The molecule has 3 aliphatic rings. The summed E-state index contributed by atoms with van der Waals surface area (Å²) >= 11 is 0. The van der Waals surface area contributed by atoms with E-state index in [2.05, 4.69) is 39.8 Å². The van der Waals surface area contributed by atoms with E-state index in [4.69, 9.17) is 9.47 Å². The fourth-order valence-electron chi connectivity index (χ4n) is 6.96. The Balaban J connectivity index is 1.42. The number of nitrogens with zero attached hydrogens (tertiary/aromatic N) is 3. The molecule has 3 N–H and O–H groups in total. The Kier molecular flexibility index (Phi) is 11.0. The number of hydrogen-bond donors (Lipinski definition) is 3. The van der Waals surface area contributed by atoms with Crippen LogP contribution in [0, 0.1) is 17.8 Å². The number of unbranched alkanes of at least 4 members (excludes halogenated alkanes) is 3. The molecule has 0 radical (unpaired) electrons. The van der Waals surface area contributed by atoms with Crippen LogP contribution < -0.4 is 16.0 Å². The molecule has 1 aromatic heterocycles. The predicted molar refractivity (Wildman–Crippen MR) is 173 cm³/mol. The molecule has 2 aliphatic heterocycles. The number of esters is 2. The van der Waals surface area contributed by atoms with E-state index >= 15 is 0 Å². The van der Waals surface area contributed by atoms with E-state index in [0.717, 1.165) is 43.5 Å². The van der Waals surface area contributed by atoms with Gasteiger partial charge in [0.15, 0.2) is 30.6 Å². The van der Waals surface area contributed by atoms with Crippen molar-refractivity contribution in [2.24, 2.45) is 17.8 Å². The maximum Gasteiger partial charge on any atom is 0.367 e. The highest BCUT2D eigenvalue weighted by Crippen LogP contribution is 2.51. The van der Waals surface area contributed by atoms with Crippen molar-refractivity contribution in [3.63, 3.8) is 0 Å². The number of carbonyl (C=O) groups is 4. The molecule has 3 heterocycles. The molecule has 1 aromatic carbocycles. The molecule has 1 saturated heterocycles. The molecule has 12 heteroatoms. The zero-order valence-corrected chi connectivity index (χ0v) is 27.7. The van der Waals surface area contributed by atoms with Gasteiger partial charge in [0.2, 0.25) is 5.91 Å². The SMILES string of the molecule is CNCCCCCC[N+]12CC(=O)OC3=C1C(OC(=O)C2)C3C(NC(=O)C(Cc1ccccc1)NC(=O)c1cnccn1)[C@@H](C)C(C)C. The van der Waals surface area contributed by atoms with E-state index < -0.39 is 35.9 Å². The second-order valence-corrected chi connectivity index (χ2v) is 13.3. The van der Waals surface area contributed by atoms with Crippen LogP contribution in [0.1, 0.15) is 62.5 Å². The Bertz CT molecular complexity index is 1470. The number of benzene rings is 1. The number of morpholine rings is 1. The first-order chi connectivity index (χ1) is 22.6. The van der Waals surface area contributed by atoms with Gasteiger partial charge in [0.05, 0.1) is 18.7 Å². The summed E-state index contributed by atoms with van der Waals surface area (Å²) in [6, 6.07) is 7.95. The van der Waals surface area contributed by atoms with Crippen molar-refractivity contribution >= 4 is 23.8 Å². The molecule has 12 nitrogen and oxygen atoms in total. The maximum atomic E-state index is 14.2. The molecule has 0 saturated carbocycles. The minimum Gasteiger partial charge on any atom is -0.447 e. The number of amides is 2. The normalized spacial score (nSPS) is 23.5. The van der Waals surface area contributed by atoms with Crippen LogP contribution in [0.25, 0.3) is 0 Å². The molecule has 252 valence electrons. The maximum absolute atomic E-state index is 14.2. The van der Waals surface area contributed by atoms with E-state index in [0.29, 0.717) is 12.3 Å². The molecule has 1 fully saturated rings. The fraction of sp³-hybridized carbons (Fsp3) is 0.543. The average molecular weight is 648 g/mol. The van der Waals surface area contributed by atoms with Crippen molar-refractivity contribution in [3.05, 3.63) is 71.6 Å². The van der Waals surface area contributed by atoms with Gasteiger partial charge < -0.3 is 25.4 Å². The van der Waals surface area contributed by atoms with Crippen molar-refractivity contribution in [1.29, 1.82) is 0 Å². The van der Waals surface area contributed by atoms with Crippen LogP contribution in [0.15, 0.2) is 60.4 Å². The third-order valence-corrected chi connectivity index (χ3v) is 9.78. The first-order valence-corrected chi connectivity index (χ1v) is 16.7. The number of rotatable bonds is 16. The lowest BCUT2D eigenvalue weighted by Gasteiger charge is -2.55. The highest BCUT2D eigenvalue weighted by molar-refractivity contribution is 5.96. The second-order valence-electron chi connectivity index (χ2n) is 13.3. The number of hydrogen-bond acceptors (Lipinski definition) is 9. The number of ether oxygens (including phenoxy) is 2. The van der Waals surface area contributed by atoms with E-state index in [1.165, 1.54) is 18.6 Å². The monoisotopic (exact) mass is 647 g/mol. The van der Waals surface area contributed by atoms with Gasteiger partial charge in [-0.25, -0.2) is 14.6 Å². The highest BCUT2D eigenvalue weighted by atomic mass is 16.6. The molecule has 0 bridgehead atoms. The van der Waals surface area contributed by atoms with E-state index in [1.54, 1.807) is 0 Å². The number of carbonyl (C=O) groups excluding carboxylic acids is 4. The zero-order valence-electron chi connectivity index (χ0n) is 27.7. The van der Waals surface area contributed by atoms with Gasteiger partial charge in [-0.3, -0.25) is 19.1 Å². The summed E-state index contributed by atoms with van der Waals surface area (Å²) in [6.07, 6.45) is 7.85. The van der Waals surface area contributed by atoms with Crippen molar-refractivity contribution in [2.75, 3.05) is 33.2 Å². The standard InChI is InChI=1S/C35H46N6O6/c1-22(2)23(3)30(40-34(44)25(18-24-12-8-7-9-13-24)39-35(45)26-19-37-15-16-38-26)29-32-31-33(29)47-28(43)21-41(31,20-27(42)46-32)17-11-6-5-10-14-36-4/h7-9,12-13,15-16,19,22-23,25,29-30,32,36H,5-6,10-11,14,17-18,20-21H2,1-4H3,(H-,39,40,44,45)/p+1/t23-,25?,29?,30?,32?,41?/m0/s1. The Morgan fingerprint density at radius 1 is 0.979 bits per heavy atom. The van der Waals surface area contributed by atoms with Crippen LogP contribution in [-0.4, -0.2) is 89.6 Å².